The number of rotatable bonds is 8. The highest BCUT2D eigenvalue weighted by atomic mass is 19.1. The minimum Gasteiger partial charge on any atom is -0.492 e. The van der Waals surface area contributed by atoms with Gasteiger partial charge in [0.25, 0.3) is 0 Å². The molecule has 1 aliphatic rings. The SMILES string of the molecule is CCOC(=O)C1CN(CCOc2ccc(F)cc2)CCN1Cc1ccccc1. The summed E-state index contributed by atoms with van der Waals surface area (Å²) in [7, 11) is 0. The first-order chi connectivity index (χ1) is 13.7. The van der Waals surface area contributed by atoms with Gasteiger partial charge in [-0.15, -0.1) is 0 Å². The molecule has 0 saturated carbocycles. The number of hydrogen-bond acceptors (Lipinski definition) is 5. The van der Waals surface area contributed by atoms with E-state index in [9.17, 15) is 9.18 Å². The van der Waals surface area contributed by atoms with Gasteiger partial charge in [-0.25, -0.2) is 4.39 Å². The van der Waals surface area contributed by atoms with E-state index in [0.717, 1.165) is 19.6 Å². The number of carbonyl (C=O) groups is 1. The first-order valence-corrected chi connectivity index (χ1v) is 9.71. The molecule has 28 heavy (non-hydrogen) atoms. The molecule has 0 spiro atoms. The third-order valence-electron chi connectivity index (χ3n) is 4.85. The first kappa shape index (κ1) is 20.3. The maximum atomic E-state index is 13.0. The van der Waals surface area contributed by atoms with Gasteiger partial charge in [0, 0.05) is 32.7 Å². The highest BCUT2D eigenvalue weighted by molar-refractivity contribution is 5.76. The van der Waals surface area contributed by atoms with Gasteiger partial charge in [0.15, 0.2) is 0 Å². The van der Waals surface area contributed by atoms with Crippen molar-refractivity contribution in [3.05, 3.63) is 66.0 Å². The van der Waals surface area contributed by atoms with Crippen LogP contribution in [0.1, 0.15) is 12.5 Å². The normalized spacial score (nSPS) is 18.0. The van der Waals surface area contributed by atoms with E-state index in [1.165, 1.54) is 17.7 Å². The van der Waals surface area contributed by atoms with E-state index < -0.39 is 0 Å². The Morgan fingerprint density at radius 3 is 2.57 bits per heavy atom. The van der Waals surface area contributed by atoms with Crippen LogP contribution in [0.3, 0.4) is 0 Å². The van der Waals surface area contributed by atoms with E-state index in [2.05, 4.69) is 21.9 Å². The molecule has 0 N–H and O–H groups in total. The fourth-order valence-electron chi connectivity index (χ4n) is 3.37. The molecule has 2 aromatic carbocycles. The van der Waals surface area contributed by atoms with Gasteiger partial charge in [0.1, 0.15) is 24.2 Å². The Morgan fingerprint density at radius 1 is 1.11 bits per heavy atom. The second-order valence-electron chi connectivity index (χ2n) is 6.83. The van der Waals surface area contributed by atoms with Crippen LogP contribution in [0.2, 0.25) is 0 Å². The van der Waals surface area contributed by atoms with Crippen molar-refractivity contribution in [2.45, 2.75) is 19.5 Å². The summed E-state index contributed by atoms with van der Waals surface area (Å²) in [5.41, 5.74) is 1.19. The summed E-state index contributed by atoms with van der Waals surface area (Å²) in [6, 6.07) is 15.9. The van der Waals surface area contributed by atoms with Crippen LogP contribution in [0, 0.1) is 5.82 Å². The van der Waals surface area contributed by atoms with Crippen LogP contribution in [0.4, 0.5) is 4.39 Å². The average molecular weight is 386 g/mol. The highest BCUT2D eigenvalue weighted by Gasteiger charge is 2.33. The lowest BCUT2D eigenvalue weighted by atomic mass is 10.1. The van der Waals surface area contributed by atoms with Gasteiger partial charge in [-0.2, -0.15) is 0 Å². The Labute approximate surface area is 165 Å². The lowest BCUT2D eigenvalue weighted by molar-refractivity contribution is -0.152. The minimum absolute atomic E-state index is 0.178. The molecule has 150 valence electrons. The molecule has 6 heteroatoms. The summed E-state index contributed by atoms with van der Waals surface area (Å²) in [6.45, 7) is 6.37. The van der Waals surface area contributed by atoms with Crippen molar-refractivity contribution in [2.75, 3.05) is 39.4 Å². The molecule has 0 bridgehead atoms. The van der Waals surface area contributed by atoms with Crippen LogP contribution in [0.15, 0.2) is 54.6 Å². The lowest BCUT2D eigenvalue weighted by Crippen LogP contribution is -2.56. The molecule has 2 aromatic rings. The molecular weight excluding hydrogens is 359 g/mol. The molecular formula is C22H27FN2O3. The molecule has 1 fully saturated rings. The van der Waals surface area contributed by atoms with Crippen molar-refractivity contribution in [3.63, 3.8) is 0 Å². The fourth-order valence-corrected chi connectivity index (χ4v) is 3.37. The summed E-state index contributed by atoms with van der Waals surface area (Å²) in [5, 5.41) is 0. The maximum Gasteiger partial charge on any atom is 0.324 e. The zero-order valence-corrected chi connectivity index (χ0v) is 16.2. The molecule has 3 rings (SSSR count). The number of halogens is 1. The molecule has 1 saturated heterocycles. The topological polar surface area (TPSA) is 42.0 Å². The van der Waals surface area contributed by atoms with Crippen molar-refractivity contribution in [1.82, 2.24) is 9.80 Å². The Bertz CT molecular complexity index is 739. The smallest absolute Gasteiger partial charge is 0.324 e. The number of ether oxygens (including phenoxy) is 2. The van der Waals surface area contributed by atoms with E-state index in [4.69, 9.17) is 9.47 Å². The monoisotopic (exact) mass is 386 g/mol. The van der Waals surface area contributed by atoms with E-state index in [1.54, 1.807) is 12.1 Å². The van der Waals surface area contributed by atoms with Crippen LogP contribution in [-0.2, 0) is 16.1 Å². The summed E-state index contributed by atoms with van der Waals surface area (Å²) in [6.07, 6.45) is 0. The molecule has 0 radical (unpaired) electrons. The maximum absolute atomic E-state index is 13.0. The summed E-state index contributed by atoms with van der Waals surface area (Å²) in [5.74, 6) is 0.188. The third-order valence-corrected chi connectivity index (χ3v) is 4.85. The van der Waals surface area contributed by atoms with E-state index in [-0.39, 0.29) is 17.8 Å². The molecule has 0 aromatic heterocycles. The number of esters is 1. The van der Waals surface area contributed by atoms with Crippen LogP contribution in [0.5, 0.6) is 5.75 Å². The molecule has 0 aliphatic carbocycles. The summed E-state index contributed by atoms with van der Waals surface area (Å²) >= 11 is 0. The van der Waals surface area contributed by atoms with Gasteiger partial charge in [-0.3, -0.25) is 14.6 Å². The second-order valence-corrected chi connectivity index (χ2v) is 6.83. The summed E-state index contributed by atoms with van der Waals surface area (Å²) in [4.78, 5) is 16.9. The molecule has 1 heterocycles. The van der Waals surface area contributed by atoms with Crippen molar-refractivity contribution >= 4 is 5.97 Å². The zero-order valence-electron chi connectivity index (χ0n) is 16.2. The number of benzene rings is 2. The first-order valence-electron chi connectivity index (χ1n) is 9.71. The van der Waals surface area contributed by atoms with Gasteiger partial charge in [-0.1, -0.05) is 30.3 Å². The Morgan fingerprint density at radius 2 is 1.86 bits per heavy atom. The minimum atomic E-state index is -0.292. The quantitative estimate of drug-likeness (QED) is 0.653. The number of piperazine rings is 1. The standard InChI is InChI=1S/C22H27FN2O3/c1-2-27-22(26)21-17-24(14-15-28-20-10-8-19(23)9-11-20)12-13-25(21)16-18-6-4-3-5-7-18/h3-11,21H,2,12-17H2,1H3. The largest absolute Gasteiger partial charge is 0.492 e. The molecule has 5 nitrogen and oxygen atoms in total. The summed E-state index contributed by atoms with van der Waals surface area (Å²) < 4.78 is 24.0. The highest BCUT2D eigenvalue weighted by Crippen LogP contribution is 2.16. The fraction of sp³-hybridized carbons (Fsp3) is 0.409. The van der Waals surface area contributed by atoms with Crippen LogP contribution < -0.4 is 4.74 Å². The van der Waals surface area contributed by atoms with Gasteiger partial charge in [-0.05, 0) is 36.8 Å². The van der Waals surface area contributed by atoms with Crippen LogP contribution >= 0.6 is 0 Å². The third kappa shape index (κ3) is 5.78. The molecule has 1 unspecified atom stereocenters. The van der Waals surface area contributed by atoms with E-state index in [0.29, 0.717) is 32.1 Å². The van der Waals surface area contributed by atoms with Crippen LogP contribution in [-0.4, -0.2) is 61.2 Å². The predicted molar refractivity (Wildman–Crippen MR) is 106 cm³/mol. The zero-order chi connectivity index (χ0) is 19.8. The lowest BCUT2D eigenvalue weighted by Gasteiger charge is -2.40. The Kier molecular flexibility index (Phi) is 7.39. The second kappa shape index (κ2) is 10.2. The predicted octanol–water partition coefficient (Wildman–Crippen LogP) is 2.95. The number of nitrogens with zero attached hydrogens (tertiary/aromatic N) is 2. The molecule has 1 atom stereocenters. The molecule has 0 amide bonds. The van der Waals surface area contributed by atoms with Gasteiger partial charge < -0.3 is 9.47 Å². The Balaban J connectivity index is 1.55. The van der Waals surface area contributed by atoms with Gasteiger partial charge in [0.2, 0.25) is 0 Å². The van der Waals surface area contributed by atoms with Crippen LogP contribution in [0.25, 0.3) is 0 Å². The number of carbonyl (C=O) groups excluding carboxylic acids is 1. The van der Waals surface area contributed by atoms with Gasteiger partial charge >= 0.3 is 5.97 Å². The van der Waals surface area contributed by atoms with Crippen molar-refractivity contribution < 1.29 is 18.7 Å². The average Bonchev–Trinajstić information content (AvgIpc) is 2.71. The molecule has 1 aliphatic heterocycles. The Hall–Kier alpha value is -2.44. The number of hydrogen-bond donors (Lipinski definition) is 0. The van der Waals surface area contributed by atoms with E-state index in [1.807, 2.05) is 25.1 Å². The van der Waals surface area contributed by atoms with Crippen molar-refractivity contribution in [2.24, 2.45) is 0 Å². The van der Waals surface area contributed by atoms with E-state index >= 15 is 0 Å². The van der Waals surface area contributed by atoms with Crippen molar-refractivity contribution in [1.29, 1.82) is 0 Å². The van der Waals surface area contributed by atoms with Gasteiger partial charge in [0.05, 0.1) is 6.61 Å². The van der Waals surface area contributed by atoms with Crippen molar-refractivity contribution in [3.8, 4) is 5.75 Å².